The van der Waals surface area contributed by atoms with E-state index in [1.54, 1.807) is 0 Å². The highest BCUT2D eigenvalue weighted by Gasteiger charge is 2.26. The van der Waals surface area contributed by atoms with Gasteiger partial charge in [-0.05, 0) is 90.0 Å². The van der Waals surface area contributed by atoms with Gasteiger partial charge in [0.25, 0.3) is 0 Å². The summed E-state index contributed by atoms with van der Waals surface area (Å²) >= 11 is 0. The van der Waals surface area contributed by atoms with Gasteiger partial charge in [0.1, 0.15) is 0 Å². The monoisotopic (exact) mass is 668 g/mol. The van der Waals surface area contributed by atoms with Crippen molar-refractivity contribution in [2.75, 3.05) is 4.90 Å². The molecule has 0 saturated heterocycles. The molecule has 1 aliphatic rings. The molecule has 8 aromatic carbocycles. The summed E-state index contributed by atoms with van der Waals surface area (Å²) in [7, 11) is 0. The highest BCUT2D eigenvalue weighted by Crippen LogP contribution is 2.53. The maximum atomic E-state index is 6.90. The maximum absolute atomic E-state index is 6.90. The molecule has 0 radical (unpaired) electrons. The number of rotatable bonds is 6. The van der Waals surface area contributed by atoms with Crippen molar-refractivity contribution in [2.24, 2.45) is 0 Å². The number of nitrogens with zero attached hydrogens (tertiary/aromatic N) is 2. The van der Waals surface area contributed by atoms with E-state index in [2.05, 4.69) is 167 Å². The first-order valence-electron chi connectivity index (χ1n) is 17.5. The van der Waals surface area contributed by atoms with Gasteiger partial charge in [0, 0.05) is 44.6 Å². The largest absolute Gasteiger partial charge is 0.449 e. The van der Waals surface area contributed by atoms with Crippen molar-refractivity contribution in [1.82, 2.24) is 4.57 Å². The Morgan fingerprint density at radius 2 is 0.885 bits per heavy atom. The van der Waals surface area contributed by atoms with Crippen LogP contribution in [0.4, 0.5) is 17.1 Å². The van der Waals surface area contributed by atoms with Gasteiger partial charge in [-0.2, -0.15) is 0 Å². The second kappa shape index (κ2) is 12.4. The number of ether oxygens (including phenoxy) is 2. The summed E-state index contributed by atoms with van der Waals surface area (Å²) in [6, 6.07) is 67.6. The lowest BCUT2D eigenvalue weighted by molar-refractivity contribution is 0.362. The van der Waals surface area contributed by atoms with Gasteiger partial charge in [0.05, 0.1) is 11.0 Å². The Morgan fingerprint density at radius 3 is 1.54 bits per heavy atom. The Kier molecular flexibility index (Phi) is 7.10. The molecule has 0 N–H and O–H groups in total. The van der Waals surface area contributed by atoms with Crippen LogP contribution in [-0.2, 0) is 0 Å². The van der Waals surface area contributed by atoms with Crippen molar-refractivity contribution in [3.63, 3.8) is 0 Å². The Labute approximate surface area is 302 Å². The van der Waals surface area contributed by atoms with Crippen molar-refractivity contribution < 1.29 is 9.47 Å². The van der Waals surface area contributed by atoms with Crippen LogP contribution in [0.2, 0.25) is 0 Å². The average molecular weight is 669 g/mol. The van der Waals surface area contributed by atoms with Gasteiger partial charge in [-0.1, -0.05) is 115 Å². The van der Waals surface area contributed by atoms with E-state index < -0.39 is 0 Å². The van der Waals surface area contributed by atoms with Gasteiger partial charge in [-0.25, -0.2) is 0 Å². The minimum Gasteiger partial charge on any atom is -0.449 e. The van der Waals surface area contributed by atoms with Crippen LogP contribution < -0.4 is 14.4 Å². The van der Waals surface area contributed by atoms with E-state index in [0.717, 1.165) is 50.5 Å². The summed E-state index contributed by atoms with van der Waals surface area (Å²) in [5.41, 5.74) is 10.8. The molecule has 0 spiro atoms. The molecule has 0 atom stereocenters. The van der Waals surface area contributed by atoms with Gasteiger partial charge in [0.2, 0.25) is 0 Å². The molecule has 246 valence electrons. The second-order valence-corrected chi connectivity index (χ2v) is 12.9. The third-order valence-corrected chi connectivity index (χ3v) is 9.85. The molecule has 2 heterocycles. The molecule has 9 aromatic rings. The van der Waals surface area contributed by atoms with Gasteiger partial charge in [-0.15, -0.1) is 0 Å². The summed E-state index contributed by atoms with van der Waals surface area (Å²) in [6.45, 7) is 0. The lowest BCUT2D eigenvalue weighted by atomic mass is 10.00. The topological polar surface area (TPSA) is 26.6 Å². The number of hydrogen-bond acceptors (Lipinski definition) is 3. The fraction of sp³-hybridized carbons (Fsp3) is 0. The number of anilines is 3. The Bertz CT molecular complexity index is 2680. The van der Waals surface area contributed by atoms with E-state index in [0.29, 0.717) is 23.0 Å². The van der Waals surface area contributed by atoms with E-state index in [9.17, 15) is 0 Å². The number of fused-ring (bicyclic) bond motifs is 5. The third-order valence-electron chi connectivity index (χ3n) is 9.85. The lowest BCUT2D eigenvalue weighted by Crippen LogP contribution is -2.09. The fourth-order valence-corrected chi connectivity index (χ4v) is 7.47. The highest BCUT2D eigenvalue weighted by atomic mass is 16.6. The quantitative estimate of drug-likeness (QED) is 0.176. The SMILES string of the molecule is c1ccc(N(c2ccccc2)c2ccc(-c3cccc4c3Oc3c(cccc3-c3ccc5c(c3)c3ccccc3n5-c3ccccc3)O4)cc2)cc1. The van der Waals surface area contributed by atoms with Crippen molar-refractivity contribution in [2.45, 2.75) is 0 Å². The number of benzene rings is 8. The third kappa shape index (κ3) is 5.00. The fourth-order valence-electron chi connectivity index (χ4n) is 7.47. The number of hydrogen-bond donors (Lipinski definition) is 0. The van der Waals surface area contributed by atoms with Crippen LogP contribution in [0.25, 0.3) is 49.7 Å². The van der Waals surface area contributed by atoms with E-state index in [-0.39, 0.29) is 0 Å². The van der Waals surface area contributed by atoms with Gasteiger partial charge < -0.3 is 18.9 Å². The minimum absolute atomic E-state index is 0.697. The molecule has 0 unspecified atom stereocenters. The summed E-state index contributed by atoms with van der Waals surface area (Å²) in [5.74, 6) is 2.82. The Balaban J connectivity index is 1.04. The van der Waals surface area contributed by atoms with Gasteiger partial charge in [0.15, 0.2) is 23.0 Å². The van der Waals surface area contributed by atoms with Gasteiger partial charge in [-0.3, -0.25) is 0 Å². The van der Waals surface area contributed by atoms with Crippen LogP contribution in [0.15, 0.2) is 194 Å². The van der Waals surface area contributed by atoms with Crippen LogP contribution in [0.3, 0.4) is 0 Å². The molecule has 4 heteroatoms. The van der Waals surface area contributed by atoms with E-state index >= 15 is 0 Å². The molecule has 10 rings (SSSR count). The van der Waals surface area contributed by atoms with Crippen LogP contribution in [0, 0.1) is 0 Å². The smallest absolute Gasteiger partial charge is 0.177 e. The molecule has 4 nitrogen and oxygen atoms in total. The summed E-state index contributed by atoms with van der Waals surface area (Å²) in [6.07, 6.45) is 0. The van der Waals surface area contributed by atoms with Crippen LogP contribution in [0.5, 0.6) is 23.0 Å². The van der Waals surface area contributed by atoms with Crippen LogP contribution >= 0.6 is 0 Å². The van der Waals surface area contributed by atoms with Crippen LogP contribution in [0.1, 0.15) is 0 Å². The molecule has 0 aliphatic carbocycles. The summed E-state index contributed by atoms with van der Waals surface area (Å²) in [4.78, 5) is 2.26. The van der Waals surface area contributed by atoms with Crippen LogP contribution in [-0.4, -0.2) is 4.57 Å². The lowest BCUT2D eigenvalue weighted by Gasteiger charge is -2.26. The first-order chi connectivity index (χ1) is 25.8. The Morgan fingerprint density at radius 1 is 0.365 bits per heavy atom. The molecular weight excluding hydrogens is 637 g/mol. The van der Waals surface area contributed by atoms with E-state index in [4.69, 9.17) is 9.47 Å². The van der Waals surface area contributed by atoms with Gasteiger partial charge >= 0.3 is 0 Å². The van der Waals surface area contributed by atoms with E-state index in [1.165, 1.54) is 16.3 Å². The maximum Gasteiger partial charge on any atom is 0.177 e. The molecule has 0 bridgehead atoms. The molecule has 0 amide bonds. The Hall–Kier alpha value is -7.04. The molecule has 0 fully saturated rings. The van der Waals surface area contributed by atoms with Crippen molar-refractivity contribution >= 4 is 38.9 Å². The molecule has 52 heavy (non-hydrogen) atoms. The second-order valence-electron chi connectivity index (χ2n) is 12.9. The van der Waals surface area contributed by atoms with Crippen molar-refractivity contribution in [3.05, 3.63) is 194 Å². The predicted octanol–water partition coefficient (Wildman–Crippen LogP) is 13.5. The molecule has 0 saturated carbocycles. The molecule has 1 aliphatic heterocycles. The average Bonchev–Trinajstić information content (AvgIpc) is 3.55. The normalized spacial score (nSPS) is 11.8. The summed E-state index contributed by atoms with van der Waals surface area (Å²) < 4.78 is 15.8. The molecular formula is C48H32N2O2. The zero-order valence-corrected chi connectivity index (χ0v) is 28.2. The number of aromatic nitrogens is 1. The predicted molar refractivity (Wildman–Crippen MR) is 213 cm³/mol. The van der Waals surface area contributed by atoms with E-state index in [1.807, 2.05) is 36.4 Å². The van der Waals surface area contributed by atoms with Crippen molar-refractivity contribution in [3.8, 4) is 50.9 Å². The number of para-hydroxylation sites is 6. The highest BCUT2D eigenvalue weighted by molar-refractivity contribution is 6.10. The first-order valence-corrected chi connectivity index (χ1v) is 17.5. The minimum atomic E-state index is 0.697. The van der Waals surface area contributed by atoms with Crippen molar-refractivity contribution in [1.29, 1.82) is 0 Å². The summed E-state index contributed by atoms with van der Waals surface area (Å²) in [5, 5.41) is 2.40. The zero-order chi connectivity index (χ0) is 34.4. The molecule has 1 aromatic heterocycles. The zero-order valence-electron chi connectivity index (χ0n) is 28.2. The standard InChI is InChI=1S/C48H32N2O2/c1-4-14-35(15-5-1)49(36-16-6-2-7-17-36)38-29-26-33(27-30-38)39-21-12-24-45-47(39)52-48-40(22-13-25-46(48)51-45)34-28-31-44-42(32-34)41-20-10-11-23-43(41)50(44)37-18-8-3-9-19-37/h1-32H. The first kappa shape index (κ1) is 29.8.